The molecule has 0 bridgehead atoms. The second kappa shape index (κ2) is 4.98. The van der Waals surface area contributed by atoms with Crippen LogP contribution in [-0.2, 0) is 0 Å². The monoisotopic (exact) mass is 229 g/mol. The minimum absolute atomic E-state index is 0.548. The summed E-state index contributed by atoms with van der Waals surface area (Å²) in [6, 6.07) is 11.7. The van der Waals surface area contributed by atoms with Crippen molar-refractivity contribution in [1.29, 1.82) is 0 Å². The Bertz CT molecular complexity index is 506. The highest BCUT2D eigenvalue weighted by molar-refractivity contribution is 5.92. The number of carbonyl (C=O) groups is 1. The van der Waals surface area contributed by atoms with Crippen LogP contribution in [0.25, 0.3) is 0 Å². The number of primary amides is 1. The molecule has 0 aliphatic carbocycles. The molecule has 2 N–H and O–H groups in total. The Morgan fingerprint density at radius 3 is 2.59 bits per heavy atom. The van der Waals surface area contributed by atoms with Crippen LogP contribution in [0, 0.1) is 0 Å². The van der Waals surface area contributed by atoms with Crippen LogP contribution in [0.2, 0.25) is 0 Å². The van der Waals surface area contributed by atoms with E-state index in [1.807, 2.05) is 6.07 Å². The van der Waals surface area contributed by atoms with Gasteiger partial charge in [-0.25, -0.2) is 4.79 Å². The average Bonchev–Trinajstić information content (AvgIpc) is 2.83. The molecule has 0 saturated carbocycles. The Kier molecular flexibility index (Phi) is 3.20. The van der Waals surface area contributed by atoms with Crippen LogP contribution in [-0.4, -0.2) is 12.2 Å². The van der Waals surface area contributed by atoms with E-state index >= 15 is 0 Å². The fourth-order valence-corrected chi connectivity index (χ4v) is 1.30. The molecule has 0 atom stereocenters. The Hall–Kier alpha value is -2.56. The van der Waals surface area contributed by atoms with Crippen LogP contribution in [0.3, 0.4) is 0 Å². The lowest BCUT2D eigenvalue weighted by Crippen LogP contribution is -2.31. The zero-order valence-electron chi connectivity index (χ0n) is 8.98. The normalized spacial score (nSPS) is 10.6. The van der Waals surface area contributed by atoms with Crippen LogP contribution in [0.4, 0.5) is 10.5 Å². The van der Waals surface area contributed by atoms with E-state index < -0.39 is 6.03 Å². The second-order valence-corrected chi connectivity index (χ2v) is 3.25. The van der Waals surface area contributed by atoms with Crippen molar-refractivity contribution in [2.45, 2.75) is 0 Å². The molecule has 0 aliphatic heterocycles. The molecule has 0 radical (unpaired) electrons. The number of benzene rings is 1. The van der Waals surface area contributed by atoms with Crippen LogP contribution < -0.4 is 10.7 Å². The smallest absolute Gasteiger partial charge is 0.340 e. The van der Waals surface area contributed by atoms with Gasteiger partial charge in [-0.2, -0.15) is 10.1 Å². The third kappa shape index (κ3) is 2.72. The maximum atomic E-state index is 11.3. The number of carbonyl (C=O) groups excluding carboxylic acids is 1. The van der Waals surface area contributed by atoms with Crippen LogP contribution in [0.15, 0.2) is 58.2 Å². The highest BCUT2D eigenvalue weighted by atomic mass is 16.3. The van der Waals surface area contributed by atoms with E-state index in [2.05, 4.69) is 5.10 Å². The van der Waals surface area contributed by atoms with Gasteiger partial charge in [0, 0.05) is 0 Å². The highest BCUT2D eigenvalue weighted by Crippen LogP contribution is 2.13. The van der Waals surface area contributed by atoms with Crippen molar-refractivity contribution in [2.75, 3.05) is 5.01 Å². The molecule has 2 amide bonds. The zero-order chi connectivity index (χ0) is 12.1. The SMILES string of the molecule is NC(=O)N(/N=C/c1ccco1)c1ccccc1. The van der Waals surface area contributed by atoms with E-state index in [9.17, 15) is 4.79 Å². The number of anilines is 1. The number of furan rings is 1. The van der Waals surface area contributed by atoms with Crippen LogP contribution in [0.1, 0.15) is 5.76 Å². The number of rotatable bonds is 3. The molecule has 1 heterocycles. The Labute approximate surface area is 98.1 Å². The molecule has 5 heteroatoms. The maximum absolute atomic E-state index is 11.3. The lowest BCUT2D eigenvalue weighted by molar-refractivity contribution is 0.254. The summed E-state index contributed by atoms with van der Waals surface area (Å²) in [6.45, 7) is 0. The average molecular weight is 229 g/mol. The second-order valence-electron chi connectivity index (χ2n) is 3.25. The molecule has 0 aliphatic rings. The van der Waals surface area contributed by atoms with Crippen molar-refractivity contribution in [2.24, 2.45) is 10.8 Å². The summed E-state index contributed by atoms with van der Waals surface area (Å²) >= 11 is 0. The largest absolute Gasteiger partial charge is 0.463 e. The van der Waals surface area contributed by atoms with E-state index in [1.54, 1.807) is 36.4 Å². The molecule has 17 heavy (non-hydrogen) atoms. The number of urea groups is 1. The zero-order valence-corrected chi connectivity index (χ0v) is 8.98. The van der Waals surface area contributed by atoms with Crippen molar-refractivity contribution in [3.05, 3.63) is 54.5 Å². The predicted molar refractivity (Wildman–Crippen MR) is 64.8 cm³/mol. The Morgan fingerprint density at radius 2 is 2.00 bits per heavy atom. The summed E-state index contributed by atoms with van der Waals surface area (Å²) in [5.74, 6) is 0.548. The fraction of sp³-hybridized carbons (Fsp3) is 0. The van der Waals surface area contributed by atoms with Crippen molar-refractivity contribution in [3.8, 4) is 0 Å². The van der Waals surface area contributed by atoms with Gasteiger partial charge in [-0.05, 0) is 24.3 Å². The number of hydrazone groups is 1. The molecule has 1 aromatic heterocycles. The third-order valence-electron chi connectivity index (χ3n) is 2.05. The molecular weight excluding hydrogens is 218 g/mol. The lowest BCUT2D eigenvalue weighted by atomic mass is 10.3. The van der Waals surface area contributed by atoms with Gasteiger partial charge >= 0.3 is 6.03 Å². The Morgan fingerprint density at radius 1 is 1.24 bits per heavy atom. The van der Waals surface area contributed by atoms with E-state index in [-0.39, 0.29) is 0 Å². The number of amides is 2. The first kappa shape index (κ1) is 10.9. The predicted octanol–water partition coefficient (Wildman–Crippen LogP) is 2.20. The van der Waals surface area contributed by atoms with E-state index in [4.69, 9.17) is 10.2 Å². The van der Waals surface area contributed by atoms with Crippen molar-refractivity contribution < 1.29 is 9.21 Å². The van der Waals surface area contributed by atoms with Gasteiger partial charge in [-0.15, -0.1) is 0 Å². The minimum Gasteiger partial charge on any atom is -0.463 e. The molecule has 0 fully saturated rings. The number of nitrogens with zero attached hydrogens (tertiary/aromatic N) is 2. The van der Waals surface area contributed by atoms with Crippen molar-refractivity contribution in [1.82, 2.24) is 0 Å². The standard InChI is InChI=1S/C12H11N3O2/c13-12(16)15(10-5-2-1-3-6-10)14-9-11-7-4-8-17-11/h1-9H,(H2,13,16)/b14-9+. The number of hydrogen-bond acceptors (Lipinski definition) is 3. The molecule has 1 aromatic carbocycles. The van der Waals surface area contributed by atoms with Gasteiger partial charge in [0.05, 0.1) is 18.2 Å². The minimum atomic E-state index is -0.654. The maximum Gasteiger partial charge on any atom is 0.340 e. The molecule has 86 valence electrons. The van der Waals surface area contributed by atoms with E-state index in [0.29, 0.717) is 11.4 Å². The summed E-state index contributed by atoms with van der Waals surface area (Å²) in [7, 11) is 0. The van der Waals surface area contributed by atoms with Crippen molar-refractivity contribution in [3.63, 3.8) is 0 Å². The van der Waals surface area contributed by atoms with E-state index in [0.717, 1.165) is 5.01 Å². The molecule has 2 aromatic rings. The number of para-hydroxylation sites is 1. The lowest BCUT2D eigenvalue weighted by Gasteiger charge is -2.13. The number of hydrogen-bond donors (Lipinski definition) is 1. The van der Waals surface area contributed by atoms with Gasteiger partial charge in [0.2, 0.25) is 0 Å². The fourth-order valence-electron chi connectivity index (χ4n) is 1.30. The molecule has 2 rings (SSSR count). The number of nitrogens with two attached hydrogens (primary N) is 1. The summed E-state index contributed by atoms with van der Waals surface area (Å²) < 4.78 is 5.07. The van der Waals surface area contributed by atoms with Gasteiger partial charge < -0.3 is 10.2 Å². The molecule has 0 spiro atoms. The first-order valence-corrected chi connectivity index (χ1v) is 4.99. The van der Waals surface area contributed by atoms with E-state index in [1.165, 1.54) is 12.5 Å². The summed E-state index contributed by atoms with van der Waals surface area (Å²) in [6.07, 6.45) is 2.95. The van der Waals surface area contributed by atoms with Crippen molar-refractivity contribution >= 4 is 17.9 Å². The van der Waals surface area contributed by atoms with Crippen LogP contribution in [0.5, 0.6) is 0 Å². The van der Waals surface area contributed by atoms with Gasteiger partial charge in [0.15, 0.2) is 0 Å². The summed E-state index contributed by atoms with van der Waals surface area (Å²) in [4.78, 5) is 11.3. The van der Waals surface area contributed by atoms with Gasteiger partial charge in [0.1, 0.15) is 5.76 Å². The topological polar surface area (TPSA) is 71.8 Å². The molecule has 0 unspecified atom stereocenters. The van der Waals surface area contributed by atoms with Gasteiger partial charge in [0.25, 0.3) is 0 Å². The van der Waals surface area contributed by atoms with Gasteiger partial charge in [-0.3, -0.25) is 0 Å². The third-order valence-corrected chi connectivity index (χ3v) is 2.05. The summed E-state index contributed by atoms with van der Waals surface area (Å²) in [5.41, 5.74) is 5.85. The first-order chi connectivity index (χ1) is 8.27. The van der Waals surface area contributed by atoms with Crippen LogP contribution >= 0.6 is 0 Å². The Balaban J connectivity index is 2.22. The van der Waals surface area contributed by atoms with Gasteiger partial charge in [-0.1, -0.05) is 18.2 Å². The highest BCUT2D eigenvalue weighted by Gasteiger charge is 2.09. The first-order valence-electron chi connectivity index (χ1n) is 4.99. The molecular formula is C12H11N3O2. The summed E-state index contributed by atoms with van der Waals surface area (Å²) in [5, 5.41) is 5.08. The quantitative estimate of drug-likeness (QED) is 0.647. The molecule has 0 saturated heterocycles. The molecule has 5 nitrogen and oxygen atoms in total.